The van der Waals surface area contributed by atoms with Crippen molar-refractivity contribution in [2.45, 2.75) is 104 Å². The van der Waals surface area contributed by atoms with Crippen molar-refractivity contribution in [2.24, 2.45) is 0 Å². The van der Waals surface area contributed by atoms with Gasteiger partial charge in [0, 0.05) is 0 Å². The van der Waals surface area contributed by atoms with Gasteiger partial charge in [-0.15, -0.1) is 0 Å². The minimum Gasteiger partial charge on any atom is -0.0654 e. The third-order valence-corrected chi connectivity index (χ3v) is 4.72. The second kappa shape index (κ2) is 13.9. The normalized spacial score (nSPS) is 11.0. The minimum atomic E-state index is 1.29. The summed E-state index contributed by atoms with van der Waals surface area (Å²) in [5.74, 6) is 0. The quantitative estimate of drug-likeness (QED) is 0.312. The molecule has 0 bridgehead atoms. The van der Waals surface area contributed by atoms with Crippen molar-refractivity contribution in [3.63, 3.8) is 0 Å². The first-order valence-electron chi connectivity index (χ1n) is 9.95. The van der Waals surface area contributed by atoms with Gasteiger partial charge >= 0.3 is 0 Å². The van der Waals surface area contributed by atoms with E-state index in [2.05, 4.69) is 38.1 Å². The summed E-state index contributed by atoms with van der Waals surface area (Å²) in [7, 11) is 0. The highest BCUT2D eigenvalue weighted by Crippen LogP contribution is 2.17. The molecular formula is C22H38. The predicted molar refractivity (Wildman–Crippen MR) is 101 cm³/mol. The zero-order valence-electron chi connectivity index (χ0n) is 15.2. The molecule has 0 N–H and O–H groups in total. The summed E-state index contributed by atoms with van der Waals surface area (Å²) in [6.07, 6.45) is 19.4. The topological polar surface area (TPSA) is 0 Å². The highest BCUT2D eigenvalue weighted by atomic mass is 14.1. The van der Waals surface area contributed by atoms with E-state index in [-0.39, 0.29) is 0 Å². The van der Waals surface area contributed by atoms with Crippen LogP contribution in [0.2, 0.25) is 0 Å². The Hall–Kier alpha value is -0.780. The highest BCUT2D eigenvalue weighted by molar-refractivity contribution is 5.27. The van der Waals surface area contributed by atoms with E-state index in [4.69, 9.17) is 0 Å². The van der Waals surface area contributed by atoms with Crippen LogP contribution in [0.4, 0.5) is 0 Å². The summed E-state index contributed by atoms with van der Waals surface area (Å²) < 4.78 is 0. The van der Waals surface area contributed by atoms with Crippen molar-refractivity contribution in [1.82, 2.24) is 0 Å². The molecule has 0 amide bonds. The second-order valence-corrected chi connectivity index (χ2v) is 6.80. The Balaban J connectivity index is 2.20. The SMILES string of the molecule is CCCCCCCCc1ccccc1CCCCCCCC. The first-order chi connectivity index (χ1) is 10.9. The van der Waals surface area contributed by atoms with Crippen molar-refractivity contribution in [3.8, 4) is 0 Å². The minimum absolute atomic E-state index is 1.29. The Labute approximate surface area is 139 Å². The van der Waals surface area contributed by atoms with Gasteiger partial charge < -0.3 is 0 Å². The van der Waals surface area contributed by atoms with Gasteiger partial charge in [-0.2, -0.15) is 0 Å². The van der Waals surface area contributed by atoms with Crippen molar-refractivity contribution < 1.29 is 0 Å². The van der Waals surface area contributed by atoms with Crippen molar-refractivity contribution in [1.29, 1.82) is 0 Å². The van der Waals surface area contributed by atoms with Crippen LogP contribution in [-0.2, 0) is 12.8 Å². The Bertz CT molecular complexity index is 318. The summed E-state index contributed by atoms with van der Waals surface area (Å²) in [5, 5.41) is 0. The zero-order valence-corrected chi connectivity index (χ0v) is 15.2. The summed E-state index contributed by atoms with van der Waals surface area (Å²) in [5.41, 5.74) is 3.23. The molecule has 0 saturated heterocycles. The maximum atomic E-state index is 2.36. The molecule has 0 heterocycles. The molecule has 0 heteroatoms. The van der Waals surface area contributed by atoms with Gasteiger partial charge in [-0.3, -0.25) is 0 Å². The van der Waals surface area contributed by atoms with E-state index < -0.39 is 0 Å². The molecule has 126 valence electrons. The second-order valence-electron chi connectivity index (χ2n) is 6.80. The molecule has 1 rings (SSSR count). The average Bonchev–Trinajstić information content (AvgIpc) is 2.55. The molecule has 1 aromatic carbocycles. The molecule has 1 aromatic rings. The van der Waals surface area contributed by atoms with Gasteiger partial charge in [0.2, 0.25) is 0 Å². The summed E-state index contributed by atoms with van der Waals surface area (Å²) in [6.45, 7) is 4.58. The van der Waals surface area contributed by atoms with Crippen molar-refractivity contribution in [3.05, 3.63) is 35.4 Å². The van der Waals surface area contributed by atoms with Crippen molar-refractivity contribution in [2.75, 3.05) is 0 Å². The fourth-order valence-electron chi connectivity index (χ4n) is 3.24. The zero-order chi connectivity index (χ0) is 15.9. The van der Waals surface area contributed by atoms with Gasteiger partial charge in [0.25, 0.3) is 0 Å². The summed E-state index contributed by atoms with van der Waals surface area (Å²) in [4.78, 5) is 0. The smallest absolute Gasteiger partial charge is 0.0276 e. The maximum absolute atomic E-state index is 2.36. The molecule has 0 aliphatic carbocycles. The molecule has 0 atom stereocenters. The summed E-state index contributed by atoms with van der Waals surface area (Å²) >= 11 is 0. The number of benzene rings is 1. The largest absolute Gasteiger partial charge is 0.0654 e. The molecule has 0 nitrogen and oxygen atoms in total. The van der Waals surface area contributed by atoms with E-state index in [1.807, 2.05) is 0 Å². The molecule has 0 fully saturated rings. The maximum Gasteiger partial charge on any atom is -0.0276 e. The van der Waals surface area contributed by atoms with Gasteiger partial charge in [0.1, 0.15) is 0 Å². The van der Waals surface area contributed by atoms with Gasteiger partial charge in [-0.05, 0) is 36.8 Å². The Morgan fingerprint density at radius 2 is 0.864 bits per heavy atom. The molecule has 0 spiro atoms. The third-order valence-electron chi connectivity index (χ3n) is 4.72. The fraction of sp³-hybridized carbons (Fsp3) is 0.727. The van der Waals surface area contributed by atoms with Gasteiger partial charge in [0.15, 0.2) is 0 Å². The number of hydrogen-bond donors (Lipinski definition) is 0. The standard InChI is InChI=1S/C22H38/c1-3-5-7-9-11-13-17-21-19-15-16-20-22(21)18-14-12-10-8-6-4-2/h15-16,19-20H,3-14,17-18H2,1-2H3. The van der Waals surface area contributed by atoms with Crippen LogP contribution in [-0.4, -0.2) is 0 Å². The molecule has 0 unspecified atom stereocenters. The van der Waals surface area contributed by atoms with E-state index in [0.29, 0.717) is 0 Å². The first kappa shape index (κ1) is 19.3. The van der Waals surface area contributed by atoms with E-state index in [1.54, 1.807) is 11.1 Å². The Morgan fingerprint density at radius 3 is 1.27 bits per heavy atom. The molecule has 0 saturated carbocycles. The number of rotatable bonds is 14. The Morgan fingerprint density at radius 1 is 0.500 bits per heavy atom. The number of aryl methyl sites for hydroxylation is 2. The van der Waals surface area contributed by atoms with Crippen LogP contribution in [0.5, 0.6) is 0 Å². The lowest BCUT2D eigenvalue weighted by atomic mass is 9.96. The monoisotopic (exact) mass is 302 g/mol. The molecule has 22 heavy (non-hydrogen) atoms. The molecule has 0 radical (unpaired) electrons. The highest BCUT2D eigenvalue weighted by Gasteiger charge is 2.02. The van der Waals surface area contributed by atoms with E-state index >= 15 is 0 Å². The fourth-order valence-corrected chi connectivity index (χ4v) is 3.24. The van der Waals surface area contributed by atoms with Crippen LogP contribution in [0.3, 0.4) is 0 Å². The van der Waals surface area contributed by atoms with E-state index in [1.165, 1.54) is 89.9 Å². The lowest BCUT2D eigenvalue weighted by molar-refractivity contribution is 0.599. The van der Waals surface area contributed by atoms with Crippen LogP contribution >= 0.6 is 0 Å². The molecule has 0 aliphatic heterocycles. The van der Waals surface area contributed by atoms with Crippen LogP contribution in [0.1, 0.15) is 102 Å². The average molecular weight is 303 g/mol. The molecule has 0 aromatic heterocycles. The molecular weight excluding hydrogens is 264 g/mol. The summed E-state index contributed by atoms with van der Waals surface area (Å²) in [6, 6.07) is 9.16. The van der Waals surface area contributed by atoms with Gasteiger partial charge in [0.05, 0.1) is 0 Å². The van der Waals surface area contributed by atoms with Crippen LogP contribution in [0.15, 0.2) is 24.3 Å². The van der Waals surface area contributed by atoms with Crippen LogP contribution < -0.4 is 0 Å². The van der Waals surface area contributed by atoms with Crippen LogP contribution in [0, 0.1) is 0 Å². The van der Waals surface area contributed by atoms with Crippen LogP contribution in [0.25, 0.3) is 0 Å². The molecule has 0 aliphatic rings. The lowest BCUT2D eigenvalue weighted by Gasteiger charge is -2.09. The van der Waals surface area contributed by atoms with E-state index in [0.717, 1.165) is 0 Å². The van der Waals surface area contributed by atoms with Gasteiger partial charge in [-0.25, -0.2) is 0 Å². The number of unbranched alkanes of at least 4 members (excludes halogenated alkanes) is 10. The van der Waals surface area contributed by atoms with Gasteiger partial charge in [-0.1, -0.05) is 102 Å². The van der Waals surface area contributed by atoms with E-state index in [9.17, 15) is 0 Å². The third kappa shape index (κ3) is 9.28. The first-order valence-corrected chi connectivity index (χ1v) is 9.95. The predicted octanol–water partition coefficient (Wildman–Crippen LogP) is 7.49. The van der Waals surface area contributed by atoms with Crippen molar-refractivity contribution >= 4 is 0 Å². The number of hydrogen-bond acceptors (Lipinski definition) is 0. The lowest BCUT2D eigenvalue weighted by Crippen LogP contribution is -1.95. The Kier molecular flexibility index (Phi) is 12.1.